The molecule has 84 valence electrons. The molecule has 1 saturated carbocycles. The highest BCUT2D eigenvalue weighted by molar-refractivity contribution is 7.11. The molecule has 2 nitrogen and oxygen atoms in total. The summed E-state index contributed by atoms with van der Waals surface area (Å²) in [5.41, 5.74) is 1.23. The summed E-state index contributed by atoms with van der Waals surface area (Å²) in [6.07, 6.45) is 4.05. The summed E-state index contributed by atoms with van der Waals surface area (Å²) < 4.78 is 0. The minimum atomic E-state index is 0.554. The molecule has 0 aromatic carbocycles. The van der Waals surface area contributed by atoms with Gasteiger partial charge >= 0.3 is 0 Å². The number of nitrogens with one attached hydrogen (secondary N) is 1. The Kier molecular flexibility index (Phi) is 3.42. The third-order valence-corrected chi connectivity index (χ3v) is 3.95. The van der Waals surface area contributed by atoms with E-state index in [1.165, 1.54) is 34.8 Å². The SMILES string of the molecule is Cc1nc(CC2CC2)sc1CNC(C)C. The highest BCUT2D eigenvalue weighted by atomic mass is 32.1. The van der Waals surface area contributed by atoms with E-state index in [1.54, 1.807) is 0 Å². The molecule has 0 unspecified atom stereocenters. The molecular formula is C12H20N2S. The zero-order chi connectivity index (χ0) is 10.8. The second kappa shape index (κ2) is 4.62. The van der Waals surface area contributed by atoms with Crippen molar-refractivity contribution < 1.29 is 0 Å². The maximum atomic E-state index is 4.65. The molecular weight excluding hydrogens is 204 g/mol. The molecule has 0 spiro atoms. The van der Waals surface area contributed by atoms with Crippen molar-refractivity contribution in [3.8, 4) is 0 Å². The quantitative estimate of drug-likeness (QED) is 0.832. The molecule has 1 aromatic rings. The van der Waals surface area contributed by atoms with Gasteiger partial charge in [-0.1, -0.05) is 13.8 Å². The van der Waals surface area contributed by atoms with E-state index in [1.807, 2.05) is 11.3 Å². The summed E-state index contributed by atoms with van der Waals surface area (Å²) in [4.78, 5) is 6.06. The number of aryl methyl sites for hydroxylation is 1. The van der Waals surface area contributed by atoms with Gasteiger partial charge in [-0.25, -0.2) is 4.98 Å². The molecule has 2 rings (SSSR count). The summed E-state index contributed by atoms with van der Waals surface area (Å²) in [6.45, 7) is 7.47. The zero-order valence-electron chi connectivity index (χ0n) is 9.84. The van der Waals surface area contributed by atoms with Crippen LogP contribution in [0.15, 0.2) is 0 Å². The number of nitrogens with zero attached hydrogens (tertiary/aromatic N) is 1. The van der Waals surface area contributed by atoms with Crippen molar-refractivity contribution in [3.63, 3.8) is 0 Å². The first kappa shape index (κ1) is 11.1. The summed E-state index contributed by atoms with van der Waals surface area (Å²) in [5.74, 6) is 0.946. The van der Waals surface area contributed by atoms with E-state index in [0.717, 1.165) is 12.5 Å². The van der Waals surface area contributed by atoms with Gasteiger partial charge in [0.2, 0.25) is 0 Å². The summed E-state index contributed by atoms with van der Waals surface area (Å²) >= 11 is 1.90. The van der Waals surface area contributed by atoms with E-state index in [9.17, 15) is 0 Å². The highest BCUT2D eigenvalue weighted by Crippen LogP contribution is 2.34. The number of rotatable bonds is 5. The van der Waals surface area contributed by atoms with Gasteiger partial charge in [0.05, 0.1) is 10.7 Å². The predicted octanol–water partition coefficient (Wildman–Crippen LogP) is 2.90. The molecule has 0 radical (unpaired) electrons. The van der Waals surface area contributed by atoms with E-state index in [4.69, 9.17) is 0 Å². The van der Waals surface area contributed by atoms with Crippen molar-refractivity contribution in [1.82, 2.24) is 10.3 Å². The Bertz CT molecular complexity index is 326. The first-order chi connectivity index (χ1) is 7.15. The van der Waals surface area contributed by atoms with Crippen molar-refractivity contribution in [1.29, 1.82) is 0 Å². The number of aromatic nitrogens is 1. The lowest BCUT2D eigenvalue weighted by molar-refractivity contribution is 0.591. The van der Waals surface area contributed by atoms with Crippen LogP contribution in [0.4, 0.5) is 0 Å². The molecule has 1 aromatic heterocycles. The fourth-order valence-electron chi connectivity index (χ4n) is 1.61. The molecule has 0 aliphatic heterocycles. The normalized spacial score (nSPS) is 16.3. The van der Waals surface area contributed by atoms with E-state index >= 15 is 0 Å². The molecule has 0 amide bonds. The van der Waals surface area contributed by atoms with Crippen LogP contribution >= 0.6 is 11.3 Å². The number of hydrogen-bond acceptors (Lipinski definition) is 3. The van der Waals surface area contributed by atoms with Crippen LogP contribution in [-0.2, 0) is 13.0 Å². The molecule has 3 heteroatoms. The van der Waals surface area contributed by atoms with Crippen LogP contribution in [0.2, 0.25) is 0 Å². The smallest absolute Gasteiger partial charge is 0.0934 e. The molecule has 1 aliphatic rings. The van der Waals surface area contributed by atoms with Gasteiger partial charge in [0.1, 0.15) is 0 Å². The molecule has 15 heavy (non-hydrogen) atoms. The Labute approximate surface area is 96.1 Å². The molecule has 0 saturated heterocycles. The number of hydrogen-bond donors (Lipinski definition) is 1. The van der Waals surface area contributed by atoms with E-state index < -0.39 is 0 Å². The average molecular weight is 224 g/mol. The second-order valence-electron chi connectivity index (χ2n) is 4.80. The van der Waals surface area contributed by atoms with Crippen LogP contribution in [0.5, 0.6) is 0 Å². The van der Waals surface area contributed by atoms with Crippen molar-refractivity contribution >= 4 is 11.3 Å². The van der Waals surface area contributed by atoms with Gasteiger partial charge in [-0.3, -0.25) is 0 Å². The van der Waals surface area contributed by atoms with Gasteiger partial charge in [0.25, 0.3) is 0 Å². The van der Waals surface area contributed by atoms with Gasteiger partial charge < -0.3 is 5.32 Å². The monoisotopic (exact) mass is 224 g/mol. The largest absolute Gasteiger partial charge is 0.310 e. The van der Waals surface area contributed by atoms with Gasteiger partial charge in [-0.2, -0.15) is 0 Å². The summed E-state index contributed by atoms with van der Waals surface area (Å²) in [5, 5.41) is 4.80. The van der Waals surface area contributed by atoms with E-state index in [-0.39, 0.29) is 0 Å². The van der Waals surface area contributed by atoms with Crippen LogP contribution in [0.1, 0.15) is 42.3 Å². The van der Waals surface area contributed by atoms with Crippen molar-refractivity contribution in [3.05, 3.63) is 15.6 Å². The lowest BCUT2D eigenvalue weighted by atomic mass is 10.3. The Balaban J connectivity index is 1.94. The Morgan fingerprint density at radius 1 is 1.47 bits per heavy atom. The zero-order valence-corrected chi connectivity index (χ0v) is 10.7. The fraction of sp³-hybridized carbons (Fsp3) is 0.750. The van der Waals surface area contributed by atoms with Gasteiger partial charge in [-0.05, 0) is 25.7 Å². The molecule has 1 heterocycles. The second-order valence-corrected chi connectivity index (χ2v) is 5.97. The Morgan fingerprint density at radius 2 is 2.20 bits per heavy atom. The van der Waals surface area contributed by atoms with E-state index in [2.05, 4.69) is 31.1 Å². The van der Waals surface area contributed by atoms with Crippen LogP contribution in [-0.4, -0.2) is 11.0 Å². The molecule has 1 aliphatic carbocycles. The van der Waals surface area contributed by atoms with Gasteiger partial charge in [0.15, 0.2) is 0 Å². The standard InChI is InChI=1S/C12H20N2S/c1-8(2)13-7-11-9(3)14-12(15-11)6-10-4-5-10/h8,10,13H,4-7H2,1-3H3. The minimum absolute atomic E-state index is 0.554. The summed E-state index contributed by atoms with van der Waals surface area (Å²) in [7, 11) is 0. The first-order valence-electron chi connectivity index (χ1n) is 5.83. The Hall–Kier alpha value is -0.410. The van der Waals surface area contributed by atoms with Gasteiger partial charge in [0, 0.05) is 23.9 Å². The van der Waals surface area contributed by atoms with Crippen LogP contribution in [0.25, 0.3) is 0 Å². The van der Waals surface area contributed by atoms with Crippen LogP contribution in [0.3, 0.4) is 0 Å². The highest BCUT2D eigenvalue weighted by Gasteiger charge is 2.23. The molecule has 0 bridgehead atoms. The predicted molar refractivity (Wildman–Crippen MR) is 65.3 cm³/mol. The van der Waals surface area contributed by atoms with Crippen molar-refractivity contribution in [2.45, 2.75) is 52.6 Å². The van der Waals surface area contributed by atoms with Crippen LogP contribution in [0, 0.1) is 12.8 Å². The third kappa shape index (κ3) is 3.28. The lowest BCUT2D eigenvalue weighted by Gasteiger charge is -2.05. The lowest BCUT2D eigenvalue weighted by Crippen LogP contribution is -2.21. The summed E-state index contributed by atoms with van der Waals surface area (Å²) in [6, 6.07) is 0.554. The molecule has 0 atom stereocenters. The molecule has 1 fully saturated rings. The van der Waals surface area contributed by atoms with Crippen LogP contribution < -0.4 is 5.32 Å². The maximum Gasteiger partial charge on any atom is 0.0934 e. The number of thiazole rings is 1. The van der Waals surface area contributed by atoms with Crippen molar-refractivity contribution in [2.24, 2.45) is 5.92 Å². The topological polar surface area (TPSA) is 24.9 Å². The van der Waals surface area contributed by atoms with Gasteiger partial charge in [-0.15, -0.1) is 11.3 Å². The minimum Gasteiger partial charge on any atom is -0.310 e. The van der Waals surface area contributed by atoms with Crippen molar-refractivity contribution in [2.75, 3.05) is 0 Å². The first-order valence-corrected chi connectivity index (χ1v) is 6.65. The third-order valence-electron chi connectivity index (χ3n) is 2.77. The average Bonchev–Trinajstić information content (AvgIpc) is 2.88. The fourth-order valence-corrected chi connectivity index (χ4v) is 2.74. The maximum absolute atomic E-state index is 4.65. The Morgan fingerprint density at radius 3 is 2.80 bits per heavy atom. The van der Waals surface area contributed by atoms with E-state index in [0.29, 0.717) is 6.04 Å². The molecule has 1 N–H and O–H groups in total.